The van der Waals surface area contributed by atoms with E-state index in [1.165, 1.54) is 0 Å². The molecule has 0 unspecified atom stereocenters. The number of hydrogen-bond acceptors (Lipinski definition) is 3. The maximum atomic E-state index is 9.64. The van der Waals surface area contributed by atoms with Crippen LogP contribution in [0.2, 0.25) is 5.02 Å². The Bertz CT molecular complexity index is 551. The number of rotatable bonds is 4. The number of nitrogens with one attached hydrogen (secondary N) is 1. The van der Waals surface area contributed by atoms with Crippen molar-refractivity contribution in [3.05, 3.63) is 46.2 Å². The number of benzene rings is 1. The Morgan fingerprint density at radius 1 is 1.33 bits per heavy atom. The number of nitrogens with zero attached hydrogens (tertiary/aromatic N) is 2. The minimum Gasteiger partial charge on any atom is -0.508 e. The molecule has 96 valence electrons. The molecular weight excluding hydrogens is 250 g/mol. The predicted octanol–water partition coefficient (Wildman–Crippen LogP) is 2.38. The van der Waals surface area contributed by atoms with Gasteiger partial charge in [0.2, 0.25) is 0 Å². The first kappa shape index (κ1) is 12.9. The second-order valence-corrected chi connectivity index (χ2v) is 4.58. The maximum Gasteiger partial charge on any atom is 0.120 e. The lowest BCUT2D eigenvalue weighted by Gasteiger charge is -2.07. The van der Waals surface area contributed by atoms with Crippen molar-refractivity contribution in [1.82, 2.24) is 15.1 Å². The highest BCUT2D eigenvalue weighted by atomic mass is 35.5. The van der Waals surface area contributed by atoms with E-state index in [9.17, 15) is 5.11 Å². The molecule has 0 saturated heterocycles. The molecule has 2 rings (SSSR count). The second-order valence-electron chi connectivity index (χ2n) is 4.20. The zero-order chi connectivity index (χ0) is 13.1. The topological polar surface area (TPSA) is 50.1 Å². The first-order valence-electron chi connectivity index (χ1n) is 5.75. The predicted molar refractivity (Wildman–Crippen MR) is 71.6 cm³/mol. The summed E-state index contributed by atoms with van der Waals surface area (Å²) < 4.78 is 1.77. The van der Waals surface area contributed by atoms with E-state index in [2.05, 4.69) is 10.4 Å². The molecule has 18 heavy (non-hydrogen) atoms. The Morgan fingerprint density at radius 3 is 2.67 bits per heavy atom. The summed E-state index contributed by atoms with van der Waals surface area (Å²) in [4.78, 5) is 0. The third kappa shape index (κ3) is 2.66. The van der Waals surface area contributed by atoms with Crippen molar-refractivity contribution in [3.8, 4) is 5.75 Å². The van der Waals surface area contributed by atoms with Gasteiger partial charge in [-0.05, 0) is 13.0 Å². The van der Waals surface area contributed by atoms with E-state index < -0.39 is 0 Å². The molecular formula is C13H16ClN3O. The van der Waals surface area contributed by atoms with Crippen LogP contribution in [-0.2, 0) is 20.1 Å². The van der Waals surface area contributed by atoms with Gasteiger partial charge in [-0.3, -0.25) is 4.68 Å². The summed E-state index contributed by atoms with van der Waals surface area (Å²) in [5.41, 5.74) is 2.65. The third-order valence-corrected chi connectivity index (χ3v) is 3.35. The highest BCUT2D eigenvalue weighted by molar-refractivity contribution is 6.31. The van der Waals surface area contributed by atoms with E-state index in [1.54, 1.807) is 16.8 Å². The Morgan fingerprint density at radius 2 is 2.06 bits per heavy atom. The van der Waals surface area contributed by atoms with E-state index in [-0.39, 0.29) is 0 Å². The third-order valence-electron chi connectivity index (χ3n) is 2.86. The monoisotopic (exact) mass is 265 g/mol. The summed E-state index contributed by atoms with van der Waals surface area (Å²) in [6.07, 6.45) is 0. The first-order valence-corrected chi connectivity index (χ1v) is 6.13. The van der Waals surface area contributed by atoms with E-state index in [4.69, 9.17) is 11.6 Å². The van der Waals surface area contributed by atoms with E-state index in [0.29, 0.717) is 23.9 Å². The van der Waals surface area contributed by atoms with Crippen LogP contribution in [0.15, 0.2) is 24.3 Å². The van der Waals surface area contributed by atoms with Crippen LogP contribution < -0.4 is 5.32 Å². The molecule has 0 aliphatic carbocycles. The van der Waals surface area contributed by atoms with Crippen LogP contribution in [0.3, 0.4) is 0 Å². The lowest BCUT2D eigenvalue weighted by molar-refractivity contribution is 0.464. The van der Waals surface area contributed by atoms with Crippen LogP contribution >= 0.6 is 11.6 Å². The van der Waals surface area contributed by atoms with Crippen molar-refractivity contribution in [2.45, 2.75) is 20.0 Å². The highest BCUT2D eigenvalue weighted by Crippen LogP contribution is 2.20. The van der Waals surface area contributed by atoms with Crippen molar-refractivity contribution in [3.63, 3.8) is 0 Å². The van der Waals surface area contributed by atoms with Gasteiger partial charge < -0.3 is 10.4 Å². The molecule has 0 spiro atoms. The SMILES string of the molecule is Cc1nn(C)c(CNCc2ccccc2O)c1Cl. The van der Waals surface area contributed by atoms with Crippen LogP contribution in [-0.4, -0.2) is 14.9 Å². The molecule has 2 aromatic rings. The summed E-state index contributed by atoms with van der Waals surface area (Å²) in [6.45, 7) is 3.09. The fourth-order valence-corrected chi connectivity index (χ4v) is 2.07. The molecule has 0 fully saturated rings. The number of aromatic nitrogens is 2. The van der Waals surface area contributed by atoms with Gasteiger partial charge in [-0.2, -0.15) is 5.10 Å². The molecule has 0 aliphatic heterocycles. The van der Waals surface area contributed by atoms with Crippen molar-refractivity contribution in [1.29, 1.82) is 0 Å². The van der Waals surface area contributed by atoms with Gasteiger partial charge in [0.25, 0.3) is 0 Å². The minimum atomic E-state index is 0.303. The summed E-state index contributed by atoms with van der Waals surface area (Å²) in [5, 5.41) is 17.8. The molecule has 1 heterocycles. The Hall–Kier alpha value is -1.52. The number of halogens is 1. The van der Waals surface area contributed by atoms with Crippen LogP contribution in [0, 0.1) is 6.92 Å². The number of phenols is 1. The highest BCUT2D eigenvalue weighted by Gasteiger charge is 2.10. The second kappa shape index (κ2) is 5.42. The molecule has 1 aromatic carbocycles. The average molecular weight is 266 g/mol. The molecule has 0 saturated carbocycles. The molecule has 0 bridgehead atoms. The maximum absolute atomic E-state index is 9.64. The van der Waals surface area contributed by atoms with Crippen LogP contribution in [0.5, 0.6) is 5.75 Å². The van der Waals surface area contributed by atoms with Gasteiger partial charge in [0, 0.05) is 25.7 Å². The Balaban J connectivity index is 1.99. The molecule has 0 aliphatic rings. The molecule has 0 radical (unpaired) electrons. The lowest BCUT2D eigenvalue weighted by Crippen LogP contribution is -2.15. The standard InChI is InChI=1S/C13H16ClN3O/c1-9-13(14)11(17(2)16-9)8-15-7-10-5-3-4-6-12(10)18/h3-6,15,18H,7-8H2,1-2H3. The van der Waals surface area contributed by atoms with E-state index in [1.807, 2.05) is 26.1 Å². The van der Waals surface area contributed by atoms with Crippen molar-refractivity contribution in [2.75, 3.05) is 0 Å². The molecule has 2 N–H and O–H groups in total. The van der Waals surface area contributed by atoms with Crippen molar-refractivity contribution >= 4 is 11.6 Å². The van der Waals surface area contributed by atoms with Gasteiger partial charge in [0.15, 0.2) is 0 Å². The zero-order valence-corrected chi connectivity index (χ0v) is 11.2. The van der Waals surface area contributed by atoms with Gasteiger partial charge >= 0.3 is 0 Å². The van der Waals surface area contributed by atoms with Crippen LogP contribution in [0.1, 0.15) is 17.0 Å². The average Bonchev–Trinajstić information content (AvgIpc) is 2.58. The first-order chi connectivity index (χ1) is 8.59. The lowest BCUT2D eigenvalue weighted by atomic mass is 10.2. The Kier molecular flexibility index (Phi) is 3.89. The Labute approximate surface area is 111 Å². The molecule has 0 amide bonds. The normalized spacial score (nSPS) is 10.8. The fourth-order valence-electron chi connectivity index (χ4n) is 1.85. The zero-order valence-electron chi connectivity index (χ0n) is 10.4. The number of aromatic hydroxyl groups is 1. The van der Waals surface area contributed by atoms with E-state index >= 15 is 0 Å². The smallest absolute Gasteiger partial charge is 0.120 e. The number of hydrogen-bond donors (Lipinski definition) is 2. The summed E-state index contributed by atoms with van der Waals surface area (Å²) in [7, 11) is 1.87. The summed E-state index contributed by atoms with van der Waals surface area (Å²) in [5.74, 6) is 0.303. The van der Waals surface area contributed by atoms with Crippen molar-refractivity contribution in [2.24, 2.45) is 7.05 Å². The number of para-hydroxylation sites is 1. The molecule has 5 heteroatoms. The molecule has 1 aromatic heterocycles. The van der Waals surface area contributed by atoms with Crippen molar-refractivity contribution < 1.29 is 5.11 Å². The van der Waals surface area contributed by atoms with Crippen LogP contribution in [0.25, 0.3) is 0 Å². The fraction of sp³-hybridized carbons (Fsp3) is 0.308. The molecule has 4 nitrogen and oxygen atoms in total. The summed E-state index contributed by atoms with van der Waals surface area (Å²) in [6, 6.07) is 7.27. The number of phenolic OH excluding ortho intramolecular Hbond substituents is 1. The van der Waals surface area contributed by atoms with Gasteiger partial charge in [-0.1, -0.05) is 29.8 Å². The summed E-state index contributed by atoms with van der Waals surface area (Å²) >= 11 is 6.15. The quantitative estimate of drug-likeness (QED) is 0.892. The minimum absolute atomic E-state index is 0.303. The van der Waals surface area contributed by atoms with E-state index in [0.717, 1.165) is 17.0 Å². The number of aryl methyl sites for hydroxylation is 2. The van der Waals surface area contributed by atoms with Gasteiger partial charge in [0.1, 0.15) is 5.75 Å². The van der Waals surface area contributed by atoms with Gasteiger partial charge in [0.05, 0.1) is 16.4 Å². The van der Waals surface area contributed by atoms with Gasteiger partial charge in [-0.25, -0.2) is 0 Å². The largest absolute Gasteiger partial charge is 0.508 e. The van der Waals surface area contributed by atoms with Crippen LogP contribution in [0.4, 0.5) is 0 Å². The molecule has 0 atom stereocenters. The van der Waals surface area contributed by atoms with Gasteiger partial charge in [-0.15, -0.1) is 0 Å².